The van der Waals surface area contributed by atoms with Crippen LogP contribution in [0.5, 0.6) is 0 Å². The molecule has 0 atom stereocenters. The number of hydrogen-bond donors (Lipinski definition) is 1. The maximum atomic E-state index is 11.0. The first-order valence-electron chi connectivity index (χ1n) is 6.83. The summed E-state index contributed by atoms with van der Waals surface area (Å²) in [5.74, 6) is -0.355. The lowest BCUT2D eigenvalue weighted by molar-refractivity contribution is -0.138. The molecule has 1 N–H and O–H groups in total. The molecule has 20 heavy (non-hydrogen) atoms. The van der Waals surface area contributed by atoms with Gasteiger partial charge in [0.1, 0.15) is 0 Å². The van der Waals surface area contributed by atoms with Gasteiger partial charge in [0.2, 0.25) is 0 Å². The van der Waals surface area contributed by atoms with Crippen LogP contribution < -0.4 is 0 Å². The highest BCUT2D eigenvalue weighted by Gasteiger charge is 2.13. The van der Waals surface area contributed by atoms with Crippen molar-refractivity contribution < 1.29 is 9.90 Å². The van der Waals surface area contributed by atoms with E-state index in [-0.39, 0.29) is 6.54 Å². The monoisotopic (exact) mass is 272 g/mol. The number of fused-ring (bicyclic) bond motifs is 1. The molecule has 4 nitrogen and oxygen atoms in total. The molecule has 1 aromatic heterocycles. The van der Waals surface area contributed by atoms with Crippen molar-refractivity contribution in [2.45, 2.75) is 20.4 Å². The van der Waals surface area contributed by atoms with Gasteiger partial charge in [-0.05, 0) is 23.6 Å². The van der Waals surface area contributed by atoms with Crippen molar-refractivity contribution in [2.24, 2.45) is 5.92 Å². The van der Waals surface area contributed by atoms with Gasteiger partial charge in [0.05, 0.1) is 12.1 Å². The van der Waals surface area contributed by atoms with Crippen LogP contribution in [-0.4, -0.2) is 34.0 Å². The minimum absolute atomic E-state index is 0.0643. The molecule has 0 bridgehead atoms. The van der Waals surface area contributed by atoms with E-state index in [4.69, 9.17) is 5.11 Å². The van der Waals surface area contributed by atoms with Crippen molar-refractivity contribution in [2.75, 3.05) is 13.1 Å². The summed E-state index contributed by atoms with van der Waals surface area (Å²) < 4.78 is 0. The molecule has 2 rings (SSSR count). The molecule has 1 heterocycles. The Bertz CT molecular complexity index is 591. The van der Waals surface area contributed by atoms with E-state index in [1.165, 1.54) is 0 Å². The van der Waals surface area contributed by atoms with Gasteiger partial charge in [0.15, 0.2) is 0 Å². The number of nitrogens with zero attached hydrogens (tertiary/aromatic N) is 2. The van der Waals surface area contributed by atoms with Crippen LogP contribution in [0.3, 0.4) is 0 Å². The van der Waals surface area contributed by atoms with Crippen LogP contribution in [0.1, 0.15) is 19.4 Å². The first kappa shape index (κ1) is 14.5. The predicted octanol–water partition coefficient (Wildman–Crippen LogP) is 2.78. The molecule has 0 saturated carbocycles. The van der Waals surface area contributed by atoms with Gasteiger partial charge in [-0.2, -0.15) is 0 Å². The van der Waals surface area contributed by atoms with E-state index in [1.54, 1.807) is 6.20 Å². The molecule has 0 fully saturated rings. The molecule has 106 valence electrons. The summed E-state index contributed by atoms with van der Waals surface area (Å²) in [5.41, 5.74) is 2.07. The highest BCUT2D eigenvalue weighted by atomic mass is 16.4. The minimum atomic E-state index is -0.788. The lowest BCUT2D eigenvalue weighted by Crippen LogP contribution is -2.32. The van der Waals surface area contributed by atoms with Gasteiger partial charge < -0.3 is 5.11 Å². The van der Waals surface area contributed by atoms with Crippen LogP contribution in [0.15, 0.2) is 36.5 Å². The average Bonchev–Trinajstić information content (AvgIpc) is 2.37. The Morgan fingerprint density at radius 2 is 2.05 bits per heavy atom. The lowest BCUT2D eigenvalue weighted by atomic mass is 10.1. The molecule has 2 aromatic rings. The van der Waals surface area contributed by atoms with Gasteiger partial charge in [-0.15, -0.1) is 0 Å². The third kappa shape index (κ3) is 3.78. The van der Waals surface area contributed by atoms with E-state index >= 15 is 0 Å². The smallest absolute Gasteiger partial charge is 0.317 e. The van der Waals surface area contributed by atoms with Crippen molar-refractivity contribution in [3.8, 4) is 0 Å². The zero-order chi connectivity index (χ0) is 14.5. The number of aliphatic carboxylic acids is 1. The number of pyridine rings is 1. The number of carboxylic acid groups (broad SMARTS) is 1. The molecule has 0 aliphatic carbocycles. The van der Waals surface area contributed by atoms with Crippen LogP contribution in [0.25, 0.3) is 10.9 Å². The fraction of sp³-hybridized carbons (Fsp3) is 0.375. The summed E-state index contributed by atoms with van der Waals surface area (Å²) in [4.78, 5) is 17.3. The Hall–Kier alpha value is -1.94. The molecule has 4 heteroatoms. The van der Waals surface area contributed by atoms with E-state index in [0.717, 1.165) is 23.0 Å². The van der Waals surface area contributed by atoms with E-state index in [9.17, 15) is 4.79 Å². The van der Waals surface area contributed by atoms with E-state index < -0.39 is 5.97 Å². The third-order valence-electron chi connectivity index (χ3n) is 3.12. The SMILES string of the molecule is CC(C)CN(CC(=O)O)Cc1ccnc2ccccc12. The van der Waals surface area contributed by atoms with E-state index in [0.29, 0.717) is 12.5 Å². The molecule has 0 amide bonds. The second kappa shape index (κ2) is 6.48. The molecular formula is C16H20N2O2. The van der Waals surface area contributed by atoms with Crippen molar-refractivity contribution in [3.05, 3.63) is 42.1 Å². The second-order valence-electron chi connectivity index (χ2n) is 5.44. The number of para-hydroxylation sites is 1. The van der Waals surface area contributed by atoms with Crippen molar-refractivity contribution in [1.82, 2.24) is 9.88 Å². The molecule has 0 spiro atoms. The fourth-order valence-electron chi connectivity index (χ4n) is 2.43. The van der Waals surface area contributed by atoms with Crippen LogP contribution in [0.4, 0.5) is 0 Å². The van der Waals surface area contributed by atoms with Crippen LogP contribution in [-0.2, 0) is 11.3 Å². The van der Waals surface area contributed by atoms with Gasteiger partial charge in [0.25, 0.3) is 0 Å². The first-order valence-corrected chi connectivity index (χ1v) is 6.83. The maximum Gasteiger partial charge on any atom is 0.317 e. The normalized spacial score (nSPS) is 11.4. The fourth-order valence-corrected chi connectivity index (χ4v) is 2.43. The van der Waals surface area contributed by atoms with Gasteiger partial charge in [0, 0.05) is 24.7 Å². The van der Waals surface area contributed by atoms with Crippen LogP contribution in [0, 0.1) is 5.92 Å². The molecular weight excluding hydrogens is 252 g/mol. The summed E-state index contributed by atoms with van der Waals surface area (Å²) in [6.45, 7) is 5.66. The number of carbonyl (C=O) groups is 1. The predicted molar refractivity (Wildman–Crippen MR) is 79.5 cm³/mol. The zero-order valence-electron chi connectivity index (χ0n) is 11.9. The van der Waals surface area contributed by atoms with Gasteiger partial charge in [-0.1, -0.05) is 32.0 Å². The summed E-state index contributed by atoms with van der Waals surface area (Å²) >= 11 is 0. The summed E-state index contributed by atoms with van der Waals surface area (Å²) in [6, 6.07) is 9.92. The van der Waals surface area contributed by atoms with Crippen molar-refractivity contribution in [3.63, 3.8) is 0 Å². The minimum Gasteiger partial charge on any atom is -0.480 e. The quantitative estimate of drug-likeness (QED) is 0.878. The Morgan fingerprint density at radius 3 is 2.75 bits per heavy atom. The standard InChI is InChI=1S/C16H20N2O2/c1-12(2)9-18(11-16(19)20)10-13-7-8-17-15-6-4-3-5-14(13)15/h3-8,12H,9-11H2,1-2H3,(H,19,20). The van der Waals surface area contributed by atoms with Gasteiger partial charge in [-0.25, -0.2) is 0 Å². The zero-order valence-corrected chi connectivity index (χ0v) is 11.9. The molecule has 1 aromatic carbocycles. The summed E-state index contributed by atoms with van der Waals surface area (Å²) in [5, 5.41) is 10.1. The van der Waals surface area contributed by atoms with Gasteiger partial charge >= 0.3 is 5.97 Å². The second-order valence-corrected chi connectivity index (χ2v) is 5.44. The molecule has 0 aliphatic heterocycles. The molecule has 0 saturated heterocycles. The van der Waals surface area contributed by atoms with Crippen LogP contribution >= 0.6 is 0 Å². The number of aromatic nitrogens is 1. The van der Waals surface area contributed by atoms with Crippen molar-refractivity contribution >= 4 is 16.9 Å². The highest BCUT2D eigenvalue weighted by Crippen LogP contribution is 2.18. The summed E-state index contributed by atoms with van der Waals surface area (Å²) in [7, 11) is 0. The number of rotatable bonds is 6. The largest absolute Gasteiger partial charge is 0.480 e. The Morgan fingerprint density at radius 1 is 1.30 bits per heavy atom. The molecule has 0 aliphatic rings. The van der Waals surface area contributed by atoms with Crippen molar-refractivity contribution in [1.29, 1.82) is 0 Å². The number of carboxylic acids is 1. The Kier molecular flexibility index (Phi) is 4.69. The highest BCUT2D eigenvalue weighted by molar-refractivity contribution is 5.81. The Balaban J connectivity index is 2.25. The summed E-state index contributed by atoms with van der Waals surface area (Å²) in [6.07, 6.45) is 1.78. The maximum absolute atomic E-state index is 11.0. The molecule has 0 radical (unpaired) electrons. The van der Waals surface area contributed by atoms with E-state index in [2.05, 4.69) is 18.8 Å². The average molecular weight is 272 g/mol. The number of benzene rings is 1. The Labute approximate surface area is 119 Å². The molecule has 0 unspecified atom stereocenters. The topological polar surface area (TPSA) is 53.4 Å². The van der Waals surface area contributed by atoms with Gasteiger partial charge in [-0.3, -0.25) is 14.7 Å². The van der Waals surface area contributed by atoms with E-state index in [1.807, 2.05) is 35.2 Å². The van der Waals surface area contributed by atoms with Crippen LogP contribution in [0.2, 0.25) is 0 Å². The number of hydrogen-bond acceptors (Lipinski definition) is 3. The lowest BCUT2D eigenvalue weighted by Gasteiger charge is -2.23. The first-order chi connectivity index (χ1) is 9.56. The third-order valence-corrected chi connectivity index (χ3v) is 3.12.